The molecule has 0 aliphatic heterocycles. The third kappa shape index (κ3) is 2.44. The predicted octanol–water partition coefficient (Wildman–Crippen LogP) is 3.34. The minimum Gasteiger partial charge on any atom is -0.339 e. The Morgan fingerprint density at radius 2 is 2.17 bits per heavy atom. The first kappa shape index (κ1) is 13.5. The molecule has 0 amide bonds. The van der Waals surface area contributed by atoms with Gasteiger partial charge in [-0.15, -0.1) is 0 Å². The molecule has 0 aromatic carbocycles. The van der Waals surface area contributed by atoms with Crippen LogP contribution in [0.25, 0.3) is 0 Å². The lowest BCUT2D eigenvalue weighted by atomic mass is 9.69. The van der Waals surface area contributed by atoms with E-state index in [0.717, 1.165) is 18.7 Å². The summed E-state index contributed by atoms with van der Waals surface area (Å²) in [6.45, 7) is 8.58. The average molecular weight is 251 g/mol. The Morgan fingerprint density at radius 1 is 1.44 bits per heavy atom. The van der Waals surface area contributed by atoms with Crippen LogP contribution in [0.15, 0.2) is 4.52 Å². The van der Waals surface area contributed by atoms with Gasteiger partial charge in [-0.2, -0.15) is 4.98 Å². The molecule has 2 N–H and O–H groups in total. The van der Waals surface area contributed by atoms with Crippen LogP contribution in [0.3, 0.4) is 0 Å². The molecule has 1 aliphatic carbocycles. The van der Waals surface area contributed by atoms with E-state index in [-0.39, 0.29) is 5.41 Å². The average Bonchev–Trinajstić information content (AvgIpc) is 2.78. The van der Waals surface area contributed by atoms with E-state index in [1.807, 2.05) is 13.8 Å². The first-order chi connectivity index (χ1) is 8.37. The van der Waals surface area contributed by atoms with Crippen molar-refractivity contribution in [3.8, 4) is 0 Å². The van der Waals surface area contributed by atoms with Crippen LogP contribution in [-0.2, 0) is 5.54 Å². The number of rotatable bonds is 3. The van der Waals surface area contributed by atoms with Gasteiger partial charge in [-0.3, -0.25) is 0 Å². The molecule has 2 atom stereocenters. The van der Waals surface area contributed by atoms with Gasteiger partial charge < -0.3 is 10.3 Å². The van der Waals surface area contributed by atoms with Crippen LogP contribution in [0.1, 0.15) is 77.4 Å². The molecule has 18 heavy (non-hydrogen) atoms. The summed E-state index contributed by atoms with van der Waals surface area (Å²) in [4.78, 5) is 4.57. The zero-order chi connectivity index (χ0) is 13.4. The molecule has 102 valence electrons. The van der Waals surface area contributed by atoms with E-state index >= 15 is 0 Å². The van der Waals surface area contributed by atoms with Crippen molar-refractivity contribution in [1.29, 1.82) is 0 Å². The summed E-state index contributed by atoms with van der Waals surface area (Å²) in [6, 6.07) is 0. The second-order valence-electron chi connectivity index (χ2n) is 6.51. The quantitative estimate of drug-likeness (QED) is 0.894. The molecule has 4 nitrogen and oxygen atoms in total. The normalized spacial score (nSPS) is 26.8. The van der Waals surface area contributed by atoms with Gasteiger partial charge in [0, 0.05) is 5.92 Å². The molecular weight excluding hydrogens is 226 g/mol. The van der Waals surface area contributed by atoms with Gasteiger partial charge in [0.25, 0.3) is 0 Å². The molecule has 1 fully saturated rings. The summed E-state index contributed by atoms with van der Waals surface area (Å²) >= 11 is 0. The lowest BCUT2D eigenvalue weighted by Crippen LogP contribution is -2.33. The van der Waals surface area contributed by atoms with E-state index in [1.54, 1.807) is 0 Å². The third-order valence-corrected chi connectivity index (χ3v) is 4.49. The summed E-state index contributed by atoms with van der Waals surface area (Å²) in [6.07, 6.45) is 5.72. The highest BCUT2D eigenvalue weighted by molar-refractivity contribution is 5.07. The second kappa shape index (κ2) is 4.65. The summed E-state index contributed by atoms with van der Waals surface area (Å²) in [5.74, 6) is 1.79. The smallest absolute Gasteiger partial charge is 0.230 e. The number of nitrogens with two attached hydrogens (primary N) is 1. The Kier molecular flexibility index (Phi) is 3.49. The predicted molar refractivity (Wildman–Crippen MR) is 71.1 cm³/mol. The fraction of sp³-hybridized carbons (Fsp3) is 0.857. The number of hydrogen-bond donors (Lipinski definition) is 1. The highest BCUT2D eigenvalue weighted by Gasteiger charge is 2.38. The topological polar surface area (TPSA) is 64.9 Å². The first-order valence-corrected chi connectivity index (χ1v) is 7.00. The van der Waals surface area contributed by atoms with Crippen molar-refractivity contribution in [2.45, 2.75) is 71.3 Å². The van der Waals surface area contributed by atoms with Crippen molar-refractivity contribution in [3.05, 3.63) is 11.7 Å². The summed E-state index contributed by atoms with van der Waals surface area (Å²) in [5.41, 5.74) is 5.93. The van der Waals surface area contributed by atoms with Gasteiger partial charge in [0.2, 0.25) is 5.89 Å². The van der Waals surface area contributed by atoms with E-state index in [2.05, 4.69) is 24.0 Å². The molecule has 2 unspecified atom stereocenters. The van der Waals surface area contributed by atoms with Gasteiger partial charge in [-0.1, -0.05) is 38.8 Å². The molecule has 4 heteroatoms. The van der Waals surface area contributed by atoms with Gasteiger partial charge in [0.15, 0.2) is 5.82 Å². The van der Waals surface area contributed by atoms with Gasteiger partial charge in [-0.05, 0) is 31.6 Å². The molecule has 1 aliphatic rings. The van der Waals surface area contributed by atoms with Crippen LogP contribution < -0.4 is 5.73 Å². The summed E-state index contributed by atoms with van der Waals surface area (Å²) < 4.78 is 5.49. The zero-order valence-corrected chi connectivity index (χ0v) is 12.0. The van der Waals surface area contributed by atoms with E-state index in [1.165, 1.54) is 19.3 Å². The monoisotopic (exact) mass is 251 g/mol. The molecule has 1 heterocycles. The summed E-state index contributed by atoms with van der Waals surface area (Å²) in [5, 5.41) is 4.09. The molecule has 2 rings (SSSR count). The zero-order valence-electron chi connectivity index (χ0n) is 12.0. The highest BCUT2D eigenvalue weighted by atomic mass is 16.5. The SMILES string of the molecule is CCC(C)(N)c1noc(C2CCCCC2(C)C)n1. The minimum atomic E-state index is -0.486. The standard InChI is InChI=1S/C14H25N3O/c1-5-14(4,15)12-16-11(18-17-12)10-8-6-7-9-13(10,2)3/h10H,5-9,15H2,1-4H3. The Morgan fingerprint density at radius 3 is 2.78 bits per heavy atom. The van der Waals surface area contributed by atoms with Crippen molar-refractivity contribution >= 4 is 0 Å². The van der Waals surface area contributed by atoms with Crippen LogP contribution in [0.4, 0.5) is 0 Å². The third-order valence-electron chi connectivity index (χ3n) is 4.49. The molecule has 1 aromatic rings. The van der Waals surface area contributed by atoms with E-state index < -0.39 is 5.54 Å². The van der Waals surface area contributed by atoms with Crippen LogP contribution >= 0.6 is 0 Å². The maximum atomic E-state index is 6.16. The Labute approximate surface area is 109 Å². The van der Waals surface area contributed by atoms with Crippen LogP contribution in [0.5, 0.6) is 0 Å². The molecule has 0 spiro atoms. The van der Waals surface area contributed by atoms with E-state index in [0.29, 0.717) is 11.7 Å². The molecule has 0 saturated heterocycles. The van der Waals surface area contributed by atoms with Crippen molar-refractivity contribution in [1.82, 2.24) is 10.1 Å². The maximum Gasteiger partial charge on any atom is 0.230 e. The summed E-state index contributed by atoms with van der Waals surface area (Å²) in [7, 11) is 0. The largest absolute Gasteiger partial charge is 0.339 e. The van der Waals surface area contributed by atoms with Gasteiger partial charge in [-0.25, -0.2) is 0 Å². The van der Waals surface area contributed by atoms with E-state index in [4.69, 9.17) is 10.3 Å². The van der Waals surface area contributed by atoms with Gasteiger partial charge in [0.05, 0.1) is 5.54 Å². The van der Waals surface area contributed by atoms with Gasteiger partial charge in [0.1, 0.15) is 0 Å². The van der Waals surface area contributed by atoms with Crippen molar-refractivity contribution in [3.63, 3.8) is 0 Å². The van der Waals surface area contributed by atoms with Crippen molar-refractivity contribution in [2.75, 3.05) is 0 Å². The fourth-order valence-corrected chi connectivity index (χ4v) is 2.72. The minimum absolute atomic E-state index is 0.249. The van der Waals surface area contributed by atoms with Crippen LogP contribution in [0, 0.1) is 5.41 Å². The van der Waals surface area contributed by atoms with E-state index in [9.17, 15) is 0 Å². The molecular formula is C14H25N3O. The Bertz CT molecular complexity index is 409. The fourth-order valence-electron chi connectivity index (χ4n) is 2.72. The van der Waals surface area contributed by atoms with Crippen LogP contribution in [-0.4, -0.2) is 10.1 Å². The van der Waals surface area contributed by atoms with Crippen LogP contribution in [0.2, 0.25) is 0 Å². The molecule has 1 aromatic heterocycles. The lowest BCUT2D eigenvalue weighted by Gasteiger charge is -2.36. The molecule has 1 saturated carbocycles. The number of hydrogen-bond acceptors (Lipinski definition) is 4. The van der Waals surface area contributed by atoms with Gasteiger partial charge >= 0.3 is 0 Å². The lowest BCUT2D eigenvalue weighted by molar-refractivity contribution is 0.164. The second-order valence-corrected chi connectivity index (χ2v) is 6.51. The Hall–Kier alpha value is -0.900. The first-order valence-electron chi connectivity index (χ1n) is 7.00. The number of nitrogens with zero attached hydrogens (tertiary/aromatic N) is 2. The molecule has 0 radical (unpaired) electrons. The molecule has 0 bridgehead atoms. The van der Waals surface area contributed by atoms with Crippen molar-refractivity contribution < 1.29 is 4.52 Å². The number of aromatic nitrogens is 2. The highest BCUT2D eigenvalue weighted by Crippen LogP contribution is 2.46. The Balaban J connectivity index is 2.24. The maximum absolute atomic E-state index is 6.16. The van der Waals surface area contributed by atoms with Crippen molar-refractivity contribution in [2.24, 2.45) is 11.1 Å².